The van der Waals surface area contributed by atoms with Crippen LogP contribution in [0.4, 0.5) is 10.1 Å². The van der Waals surface area contributed by atoms with E-state index in [1.165, 1.54) is 23.5 Å². The number of thiophene rings is 1. The first-order chi connectivity index (χ1) is 14.4. The van der Waals surface area contributed by atoms with Gasteiger partial charge in [0.2, 0.25) is 5.91 Å². The maximum absolute atomic E-state index is 14.3. The molecule has 5 rings (SSSR count). The van der Waals surface area contributed by atoms with E-state index in [1.54, 1.807) is 24.3 Å². The van der Waals surface area contributed by atoms with Gasteiger partial charge in [-0.05, 0) is 54.4 Å². The van der Waals surface area contributed by atoms with E-state index in [4.69, 9.17) is 11.6 Å². The standard InChI is InChI=1S/C23H18ClFN2O2S/c1-27-12-16(13-4-6-14(24)7-5-13)20(21(28)19-3-2-10-30-19)23(27)17-11-15(25)8-9-18(17)26-22(23)29/h2-11,16,20H,12H2,1H3,(H,26,29)/t16-,20+,23-/m1/s1. The van der Waals surface area contributed by atoms with Crippen molar-refractivity contribution in [2.24, 2.45) is 5.92 Å². The SMILES string of the molecule is CN1C[C@H](c2ccc(Cl)cc2)[C@@H](C(=O)c2cccs2)[C@]12C(=O)Nc1ccc(F)cc12. The summed E-state index contributed by atoms with van der Waals surface area (Å²) in [5, 5.41) is 5.33. The van der Waals surface area contributed by atoms with Gasteiger partial charge in [-0.3, -0.25) is 14.5 Å². The Morgan fingerprint density at radius 1 is 1.23 bits per heavy atom. The van der Waals surface area contributed by atoms with Crippen LogP contribution < -0.4 is 5.32 Å². The summed E-state index contributed by atoms with van der Waals surface area (Å²) < 4.78 is 14.3. The van der Waals surface area contributed by atoms with Crippen LogP contribution in [0.2, 0.25) is 5.02 Å². The molecule has 1 amide bonds. The van der Waals surface area contributed by atoms with E-state index in [0.717, 1.165) is 5.56 Å². The van der Waals surface area contributed by atoms with Gasteiger partial charge in [-0.15, -0.1) is 11.3 Å². The Hall–Kier alpha value is -2.54. The number of likely N-dealkylation sites (N-methyl/N-ethyl adjacent to an activating group) is 1. The van der Waals surface area contributed by atoms with Gasteiger partial charge in [-0.25, -0.2) is 4.39 Å². The average Bonchev–Trinajstić information content (AvgIpc) is 3.42. The summed E-state index contributed by atoms with van der Waals surface area (Å²) >= 11 is 7.43. The lowest BCUT2D eigenvalue weighted by Crippen LogP contribution is -2.51. The smallest absolute Gasteiger partial charge is 0.250 e. The van der Waals surface area contributed by atoms with Crippen molar-refractivity contribution in [2.45, 2.75) is 11.5 Å². The van der Waals surface area contributed by atoms with Crippen molar-refractivity contribution in [3.05, 3.63) is 86.8 Å². The highest BCUT2D eigenvalue weighted by Gasteiger charge is 2.64. The molecular weight excluding hydrogens is 423 g/mol. The largest absolute Gasteiger partial charge is 0.324 e. The van der Waals surface area contributed by atoms with Crippen molar-refractivity contribution in [1.29, 1.82) is 0 Å². The number of fused-ring (bicyclic) bond motifs is 2. The minimum atomic E-state index is -1.27. The highest BCUT2D eigenvalue weighted by molar-refractivity contribution is 7.12. The van der Waals surface area contributed by atoms with Gasteiger partial charge in [0.15, 0.2) is 5.78 Å². The number of anilines is 1. The maximum atomic E-state index is 14.3. The zero-order valence-electron chi connectivity index (χ0n) is 16.1. The third-order valence-corrected chi connectivity index (χ3v) is 7.39. The second kappa shape index (κ2) is 7.01. The minimum Gasteiger partial charge on any atom is -0.324 e. The van der Waals surface area contributed by atoms with Crippen LogP contribution in [-0.4, -0.2) is 30.2 Å². The molecule has 0 unspecified atom stereocenters. The molecule has 1 fully saturated rings. The normalized spacial score (nSPS) is 25.5. The monoisotopic (exact) mass is 440 g/mol. The number of benzene rings is 2. The second-order valence-electron chi connectivity index (χ2n) is 7.77. The number of carbonyl (C=O) groups is 2. The van der Waals surface area contributed by atoms with E-state index in [9.17, 15) is 14.0 Å². The van der Waals surface area contributed by atoms with Crippen molar-refractivity contribution in [1.82, 2.24) is 4.90 Å². The molecule has 0 aliphatic carbocycles. The number of amides is 1. The molecule has 30 heavy (non-hydrogen) atoms. The maximum Gasteiger partial charge on any atom is 0.250 e. The van der Waals surface area contributed by atoms with Gasteiger partial charge in [0.25, 0.3) is 0 Å². The van der Waals surface area contributed by atoms with Crippen LogP contribution >= 0.6 is 22.9 Å². The molecule has 3 aromatic rings. The highest BCUT2D eigenvalue weighted by atomic mass is 35.5. The first kappa shape index (κ1) is 19.4. The number of nitrogens with one attached hydrogen (secondary N) is 1. The zero-order valence-corrected chi connectivity index (χ0v) is 17.6. The van der Waals surface area contributed by atoms with Crippen LogP contribution in [0.25, 0.3) is 0 Å². The average molecular weight is 441 g/mol. The summed E-state index contributed by atoms with van der Waals surface area (Å²) in [6, 6.07) is 15.2. The third-order valence-electron chi connectivity index (χ3n) is 6.26. The number of halogens is 2. The van der Waals surface area contributed by atoms with Gasteiger partial charge in [-0.1, -0.05) is 29.8 Å². The van der Waals surface area contributed by atoms with E-state index in [2.05, 4.69) is 5.32 Å². The van der Waals surface area contributed by atoms with E-state index in [1.807, 2.05) is 35.5 Å². The van der Waals surface area contributed by atoms with Gasteiger partial charge < -0.3 is 5.32 Å². The summed E-state index contributed by atoms with van der Waals surface area (Å²) in [5.74, 6) is -1.79. The van der Waals surface area contributed by atoms with Crippen LogP contribution in [0.15, 0.2) is 60.0 Å². The Kier molecular flexibility index (Phi) is 4.54. The molecule has 7 heteroatoms. The topological polar surface area (TPSA) is 49.4 Å². The molecule has 0 bridgehead atoms. The van der Waals surface area contributed by atoms with Gasteiger partial charge >= 0.3 is 0 Å². The lowest BCUT2D eigenvalue weighted by atomic mass is 9.71. The van der Waals surface area contributed by atoms with Gasteiger partial charge in [0.1, 0.15) is 11.4 Å². The molecule has 0 saturated carbocycles. The van der Waals surface area contributed by atoms with Gasteiger partial charge in [0.05, 0.1) is 10.8 Å². The van der Waals surface area contributed by atoms with Gasteiger partial charge in [0, 0.05) is 28.7 Å². The number of Topliss-reactive ketones (excluding diaryl/α,β-unsaturated/α-hetero) is 1. The van der Waals surface area contributed by atoms with Crippen molar-refractivity contribution in [2.75, 3.05) is 18.9 Å². The summed E-state index contributed by atoms with van der Waals surface area (Å²) in [6.45, 7) is 0.479. The molecule has 3 heterocycles. The molecule has 3 atom stereocenters. The summed E-state index contributed by atoms with van der Waals surface area (Å²) in [7, 11) is 1.82. The van der Waals surface area contributed by atoms with E-state index in [0.29, 0.717) is 27.7 Å². The fourth-order valence-corrected chi connectivity index (χ4v) is 5.82. The molecule has 152 valence electrons. The summed E-state index contributed by atoms with van der Waals surface area (Å²) in [6.07, 6.45) is 0. The van der Waals surface area contributed by atoms with Crippen molar-refractivity contribution in [3.63, 3.8) is 0 Å². The lowest BCUT2D eigenvalue weighted by Gasteiger charge is -2.35. The number of carbonyl (C=O) groups excluding carboxylic acids is 2. The Balaban J connectivity index is 1.74. The molecule has 2 aliphatic rings. The molecule has 2 aromatic carbocycles. The van der Waals surface area contributed by atoms with E-state index >= 15 is 0 Å². The van der Waals surface area contributed by atoms with Gasteiger partial charge in [-0.2, -0.15) is 0 Å². The first-order valence-corrected chi connectivity index (χ1v) is 10.8. The van der Waals surface area contributed by atoms with Crippen LogP contribution in [0.3, 0.4) is 0 Å². The number of rotatable bonds is 3. The van der Waals surface area contributed by atoms with E-state index in [-0.39, 0.29) is 17.6 Å². The van der Waals surface area contributed by atoms with E-state index < -0.39 is 17.3 Å². The second-order valence-corrected chi connectivity index (χ2v) is 9.15. The molecular formula is C23H18ClFN2O2S. The summed E-state index contributed by atoms with van der Waals surface area (Å²) in [4.78, 5) is 29.7. The summed E-state index contributed by atoms with van der Waals surface area (Å²) in [5.41, 5.74) is 0.717. The molecule has 2 aliphatic heterocycles. The van der Waals surface area contributed by atoms with Crippen LogP contribution in [0.1, 0.15) is 26.7 Å². The Morgan fingerprint density at radius 3 is 2.70 bits per heavy atom. The fourth-order valence-electron chi connectivity index (χ4n) is 4.99. The number of ketones is 1. The molecule has 1 aromatic heterocycles. The van der Waals surface area contributed by atoms with Crippen LogP contribution in [0, 0.1) is 11.7 Å². The quantitative estimate of drug-likeness (QED) is 0.588. The van der Waals surface area contributed by atoms with Crippen molar-refractivity contribution in [3.8, 4) is 0 Å². The fraction of sp³-hybridized carbons (Fsp3) is 0.217. The van der Waals surface area contributed by atoms with Crippen molar-refractivity contribution < 1.29 is 14.0 Å². The number of hydrogen-bond donors (Lipinski definition) is 1. The molecule has 1 spiro atoms. The zero-order chi connectivity index (χ0) is 21.0. The molecule has 0 radical (unpaired) electrons. The van der Waals surface area contributed by atoms with Crippen LogP contribution in [-0.2, 0) is 10.3 Å². The number of hydrogen-bond acceptors (Lipinski definition) is 4. The predicted octanol–water partition coefficient (Wildman–Crippen LogP) is 4.92. The third kappa shape index (κ3) is 2.68. The lowest BCUT2D eigenvalue weighted by molar-refractivity contribution is -0.126. The number of nitrogens with zero attached hydrogens (tertiary/aromatic N) is 1. The number of likely N-dealkylation sites (tertiary alicyclic amines) is 1. The molecule has 1 N–H and O–H groups in total. The predicted molar refractivity (Wildman–Crippen MR) is 116 cm³/mol. The van der Waals surface area contributed by atoms with Crippen LogP contribution in [0.5, 0.6) is 0 Å². The van der Waals surface area contributed by atoms with Crippen molar-refractivity contribution >= 4 is 40.3 Å². The highest BCUT2D eigenvalue weighted by Crippen LogP contribution is 2.55. The molecule has 1 saturated heterocycles. The Bertz CT molecular complexity index is 1150. The Morgan fingerprint density at radius 2 is 2.00 bits per heavy atom. The first-order valence-electron chi connectivity index (χ1n) is 9.59. The molecule has 4 nitrogen and oxygen atoms in total. The Labute approximate surface area is 182 Å². The minimum absolute atomic E-state index is 0.110.